The first-order valence-electron chi connectivity index (χ1n) is 21.5. The highest BCUT2D eigenvalue weighted by atomic mass is 31.2. The van der Waals surface area contributed by atoms with Crippen LogP contribution in [-0.2, 0) is 24.1 Å². The number of aromatic amines is 1. The Morgan fingerprint density at radius 2 is 1.25 bits per heavy atom. The minimum Gasteiger partial charge on any atom is -0.497 e. The number of nitrogens with zero attached hydrogens (tertiary/aromatic N) is 1. The Labute approximate surface area is 351 Å². The van der Waals surface area contributed by atoms with Gasteiger partial charge in [0.25, 0.3) is 5.56 Å². The summed E-state index contributed by atoms with van der Waals surface area (Å²) in [6, 6.07) is 25.4. The molecule has 1 aromatic heterocycles. The summed E-state index contributed by atoms with van der Waals surface area (Å²) >= 11 is 0. The molecule has 0 saturated carbocycles. The number of hydrogen-bond acceptors (Lipinski definition) is 9. The molecular weight excluding hydrogens is 767 g/mol. The topological polar surface area (TPSA) is 130 Å². The molecule has 322 valence electrons. The molecule has 5 rings (SSSR count). The van der Waals surface area contributed by atoms with Gasteiger partial charge in [-0.2, -0.15) is 0 Å². The summed E-state index contributed by atoms with van der Waals surface area (Å²) in [5.74, 6) is 1.40. The molecule has 4 atom stereocenters. The van der Waals surface area contributed by atoms with Crippen molar-refractivity contribution < 1.29 is 32.9 Å². The van der Waals surface area contributed by atoms with Crippen LogP contribution >= 0.6 is 8.60 Å². The maximum Gasteiger partial charge on any atom is 0.330 e. The summed E-state index contributed by atoms with van der Waals surface area (Å²) in [5, 5.41) is 0. The third-order valence-corrected chi connectivity index (χ3v) is 12.1. The first-order chi connectivity index (χ1) is 28.8. The van der Waals surface area contributed by atoms with Gasteiger partial charge in [0.1, 0.15) is 29.4 Å². The van der Waals surface area contributed by atoms with E-state index in [2.05, 4.69) is 11.9 Å². The number of methoxy groups -OCH3 is 2. The third kappa shape index (κ3) is 13.3. The molecule has 2 heterocycles. The van der Waals surface area contributed by atoms with Crippen molar-refractivity contribution >= 4 is 8.60 Å². The maximum absolute atomic E-state index is 13.0. The van der Waals surface area contributed by atoms with Crippen LogP contribution in [0.3, 0.4) is 0 Å². The SMILES string of the molecule is CCCCCCCCCCCCCCCCOP(O)O[C@H]1C[C@H](n2cc(C)c(=O)[nH]c2=O)O[C@@H]1COC(c1ccccc1)(c1ccc(OC)cc1)c1ccc(OC)cc1. The van der Waals surface area contributed by atoms with E-state index < -0.39 is 43.9 Å². The highest BCUT2D eigenvalue weighted by molar-refractivity contribution is 7.40. The van der Waals surface area contributed by atoms with Crippen LogP contribution in [0.1, 0.15) is 132 Å². The standard InChI is InChI=1S/C47H65N2O9P/c1-5-6-7-8-9-10-11-12-13-14-15-16-17-21-32-56-59(52)58-42-33-44(49-34-36(2)45(50)48-46(49)51)57-43(42)35-55-47(37-22-19-18-20-23-37,38-24-28-40(53-3)29-25-38)39-26-30-41(54-4)31-27-39/h18-20,22-31,34,42-44,52H,5-17,21,32-33,35H2,1-4H3,(H,48,50,51)/t42-,43+,44+,59?/m0/s1. The fourth-order valence-corrected chi connectivity index (χ4v) is 8.60. The Kier molecular flexibility index (Phi) is 19.1. The van der Waals surface area contributed by atoms with Crippen molar-refractivity contribution in [3.8, 4) is 11.5 Å². The Morgan fingerprint density at radius 3 is 1.78 bits per heavy atom. The van der Waals surface area contributed by atoms with Crippen LogP contribution in [-0.4, -0.2) is 54.1 Å². The maximum atomic E-state index is 13.0. The quantitative estimate of drug-likeness (QED) is 0.0343. The number of unbranched alkanes of at least 4 members (excludes halogenated alkanes) is 13. The van der Waals surface area contributed by atoms with E-state index in [4.69, 9.17) is 28.0 Å². The molecule has 3 aromatic carbocycles. The monoisotopic (exact) mass is 832 g/mol. The predicted molar refractivity (Wildman–Crippen MR) is 233 cm³/mol. The predicted octanol–water partition coefficient (Wildman–Crippen LogP) is 10.3. The van der Waals surface area contributed by atoms with Gasteiger partial charge in [-0.1, -0.05) is 145 Å². The van der Waals surface area contributed by atoms with Crippen molar-refractivity contribution in [2.45, 2.75) is 134 Å². The van der Waals surface area contributed by atoms with Crippen molar-refractivity contribution in [3.63, 3.8) is 0 Å². The second-order valence-electron chi connectivity index (χ2n) is 15.5. The van der Waals surface area contributed by atoms with Crippen molar-refractivity contribution in [2.24, 2.45) is 0 Å². The van der Waals surface area contributed by atoms with Crippen LogP contribution in [0, 0.1) is 6.92 Å². The fraction of sp³-hybridized carbons (Fsp3) is 0.532. The lowest BCUT2D eigenvalue weighted by atomic mass is 9.80. The number of nitrogens with one attached hydrogen (secondary N) is 1. The summed E-state index contributed by atoms with van der Waals surface area (Å²) in [5.41, 5.74) is 0.737. The van der Waals surface area contributed by atoms with Gasteiger partial charge in [0.15, 0.2) is 0 Å². The first kappa shape index (κ1) is 46.2. The van der Waals surface area contributed by atoms with E-state index in [0.29, 0.717) is 23.7 Å². The second kappa shape index (κ2) is 24.4. The zero-order valence-electron chi connectivity index (χ0n) is 35.4. The lowest BCUT2D eigenvalue weighted by Crippen LogP contribution is -2.38. The summed E-state index contributed by atoms with van der Waals surface area (Å²) in [7, 11) is 0.997. The van der Waals surface area contributed by atoms with Crippen LogP contribution in [0.15, 0.2) is 94.6 Å². The smallest absolute Gasteiger partial charge is 0.330 e. The summed E-state index contributed by atoms with van der Waals surface area (Å²) in [6.45, 7) is 4.28. The van der Waals surface area contributed by atoms with Crippen LogP contribution in [0.5, 0.6) is 11.5 Å². The van der Waals surface area contributed by atoms with Gasteiger partial charge in [0.2, 0.25) is 0 Å². The summed E-state index contributed by atoms with van der Waals surface area (Å²) < 4.78 is 38.1. The van der Waals surface area contributed by atoms with Gasteiger partial charge in [0.05, 0.1) is 33.5 Å². The zero-order valence-corrected chi connectivity index (χ0v) is 36.3. The van der Waals surface area contributed by atoms with E-state index in [1.54, 1.807) is 21.1 Å². The number of aromatic nitrogens is 2. The summed E-state index contributed by atoms with van der Waals surface area (Å²) in [4.78, 5) is 38.7. The van der Waals surface area contributed by atoms with E-state index in [1.807, 2.05) is 78.9 Å². The van der Waals surface area contributed by atoms with Gasteiger partial charge < -0.3 is 32.9 Å². The summed E-state index contributed by atoms with van der Waals surface area (Å²) in [6.07, 6.45) is 17.1. The van der Waals surface area contributed by atoms with E-state index >= 15 is 0 Å². The van der Waals surface area contributed by atoms with Gasteiger partial charge in [-0.05, 0) is 54.3 Å². The highest BCUT2D eigenvalue weighted by Gasteiger charge is 2.44. The van der Waals surface area contributed by atoms with E-state index in [9.17, 15) is 14.5 Å². The number of hydrogen-bond donors (Lipinski definition) is 2. The normalized spacial score (nSPS) is 17.3. The molecule has 0 radical (unpaired) electrons. The second-order valence-corrected chi connectivity index (χ2v) is 16.4. The lowest BCUT2D eigenvalue weighted by molar-refractivity contribution is -0.0927. The van der Waals surface area contributed by atoms with E-state index in [0.717, 1.165) is 36.0 Å². The molecule has 0 amide bonds. The molecule has 59 heavy (non-hydrogen) atoms. The number of ether oxygens (including phenoxy) is 4. The average molecular weight is 833 g/mol. The van der Waals surface area contributed by atoms with Gasteiger partial charge in [-0.25, -0.2) is 4.79 Å². The van der Waals surface area contributed by atoms with Crippen molar-refractivity contribution in [1.29, 1.82) is 0 Å². The van der Waals surface area contributed by atoms with Crippen molar-refractivity contribution in [2.75, 3.05) is 27.4 Å². The highest BCUT2D eigenvalue weighted by Crippen LogP contribution is 2.45. The van der Waals surface area contributed by atoms with Crippen molar-refractivity contribution in [1.82, 2.24) is 9.55 Å². The Morgan fingerprint density at radius 1 is 0.746 bits per heavy atom. The van der Waals surface area contributed by atoms with E-state index in [-0.39, 0.29) is 13.0 Å². The molecule has 1 aliphatic heterocycles. The van der Waals surface area contributed by atoms with Gasteiger partial charge in [-0.3, -0.25) is 14.3 Å². The Hall–Kier alpha value is -3.83. The molecule has 11 nitrogen and oxygen atoms in total. The zero-order chi connectivity index (χ0) is 41.9. The third-order valence-electron chi connectivity index (χ3n) is 11.2. The number of H-pyrrole nitrogens is 1. The number of rotatable bonds is 27. The van der Waals surface area contributed by atoms with Gasteiger partial charge in [0, 0.05) is 18.2 Å². The minimum absolute atomic E-state index is 0.00728. The molecule has 4 aromatic rings. The van der Waals surface area contributed by atoms with Crippen LogP contribution in [0.4, 0.5) is 0 Å². The molecule has 2 N–H and O–H groups in total. The molecule has 1 aliphatic rings. The van der Waals surface area contributed by atoms with Gasteiger partial charge in [-0.15, -0.1) is 0 Å². The number of aryl methyl sites for hydroxylation is 1. The average Bonchev–Trinajstić information content (AvgIpc) is 3.66. The van der Waals surface area contributed by atoms with Crippen LogP contribution in [0.2, 0.25) is 0 Å². The lowest BCUT2D eigenvalue weighted by Gasteiger charge is -2.37. The van der Waals surface area contributed by atoms with Crippen molar-refractivity contribution in [3.05, 3.63) is 128 Å². The molecule has 0 bridgehead atoms. The number of benzene rings is 3. The van der Waals surface area contributed by atoms with E-state index in [1.165, 1.54) is 81.4 Å². The molecule has 0 spiro atoms. The molecular formula is C47H65N2O9P. The molecule has 1 fully saturated rings. The minimum atomic E-state index is -2.26. The van der Waals surface area contributed by atoms with Crippen LogP contribution in [0.25, 0.3) is 0 Å². The molecule has 1 saturated heterocycles. The molecule has 1 unspecified atom stereocenters. The molecule has 12 heteroatoms. The Bertz CT molecular complexity index is 1850. The van der Waals surface area contributed by atoms with Crippen LogP contribution < -0.4 is 20.7 Å². The largest absolute Gasteiger partial charge is 0.497 e. The molecule has 0 aliphatic carbocycles. The van der Waals surface area contributed by atoms with Gasteiger partial charge >= 0.3 is 14.3 Å². The fourth-order valence-electron chi connectivity index (χ4n) is 7.80. The first-order valence-corrected chi connectivity index (χ1v) is 22.7. The Balaban J connectivity index is 1.26.